The average molecular weight is 509 g/mol. The number of hydroxylamine groups is 2. The molecular formula is C24H24ClF3N4O3. The number of imidazole rings is 1. The SMILES string of the molecule is C[N+]1([O-])CN(CCCO)C(=O)c2c1nc(Cc1cccc(C(F)(F)F)c1)n2Cc1ccc(Cl)cc1. The maximum atomic E-state index is 13.4. The van der Waals surface area contributed by atoms with Gasteiger partial charge in [-0.25, -0.2) is 0 Å². The molecular weight excluding hydrogens is 485 g/mol. The first-order chi connectivity index (χ1) is 16.5. The number of aliphatic hydroxyl groups is 1. The molecule has 4 rings (SSSR count). The molecule has 7 nitrogen and oxygen atoms in total. The third-order valence-corrected chi connectivity index (χ3v) is 6.12. The van der Waals surface area contributed by atoms with E-state index in [9.17, 15) is 28.3 Å². The normalized spacial score (nSPS) is 18.1. The predicted molar refractivity (Wildman–Crippen MR) is 126 cm³/mol. The lowest BCUT2D eigenvalue weighted by Gasteiger charge is -2.43. The lowest BCUT2D eigenvalue weighted by Crippen LogP contribution is -2.55. The fraction of sp³-hybridized carbons (Fsp3) is 0.333. The van der Waals surface area contributed by atoms with Gasteiger partial charge in [-0.05, 0) is 35.7 Å². The number of carbonyl (C=O) groups is 1. The number of alkyl halides is 3. The monoisotopic (exact) mass is 508 g/mol. The number of carbonyl (C=O) groups excluding carboxylic acids is 1. The summed E-state index contributed by atoms with van der Waals surface area (Å²) < 4.78 is 40.4. The van der Waals surface area contributed by atoms with E-state index in [1.807, 2.05) is 0 Å². The van der Waals surface area contributed by atoms with Crippen LogP contribution in [-0.4, -0.2) is 52.3 Å². The van der Waals surface area contributed by atoms with Crippen LogP contribution in [0.15, 0.2) is 48.5 Å². The summed E-state index contributed by atoms with van der Waals surface area (Å²) in [5, 5.41) is 23.1. The van der Waals surface area contributed by atoms with E-state index in [2.05, 4.69) is 4.98 Å². The van der Waals surface area contributed by atoms with Crippen LogP contribution in [0.4, 0.5) is 19.0 Å². The fourth-order valence-electron chi connectivity index (χ4n) is 4.18. The maximum absolute atomic E-state index is 13.4. The number of rotatable bonds is 7. The summed E-state index contributed by atoms with van der Waals surface area (Å²) in [7, 11) is 1.38. The summed E-state index contributed by atoms with van der Waals surface area (Å²) in [5.74, 6) is -0.0790. The van der Waals surface area contributed by atoms with Gasteiger partial charge in [0, 0.05) is 31.1 Å². The van der Waals surface area contributed by atoms with Crippen molar-refractivity contribution in [2.75, 3.05) is 26.9 Å². The molecule has 0 radical (unpaired) electrons. The average Bonchev–Trinajstić information content (AvgIpc) is 3.15. The number of fused-ring (bicyclic) bond motifs is 1. The number of nitrogens with zero attached hydrogens (tertiary/aromatic N) is 4. The molecule has 1 N–H and O–H groups in total. The maximum Gasteiger partial charge on any atom is 0.416 e. The topological polar surface area (TPSA) is 81.4 Å². The second-order valence-corrected chi connectivity index (χ2v) is 9.11. The highest BCUT2D eigenvalue weighted by Crippen LogP contribution is 2.34. The van der Waals surface area contributed by atoms with Crippen molar-refractivity contribution < 1.29 is 23.1 Å². The smallest absolute Gasteiger partial charge is 0.416 e. The Balaban J connectivity index is 1.81. The molecule has 1 atom stereocenters. The Morgan fingerprint density at radius 2 is 1.89 bits per heavy atom. The number of benzene rings is 2. The first kappa shape index (κ1) is 25.2. The summed E-state index contributed by atoms with van der Waals surface area (Å²) in [5.41, 5.74) is 0.444. The van der Waals surface area contributed by atoms with Crippen LogP contribution in [0.1, 0.15) is 39.4 Å². The lowest BCUT2D eigenvalue weighted by molar-refractivity contribution is -0.137. The number of aliphatic hydroxyl groups excluding tert-OH is 1. The summed E-state index contributed by atoms with van der Waals surface area (Å²) in [4.78, 5) is 19.3. The van der Waals surface area contributed by atoms with Crippen LogP contribution in [0.5, 0.6) is 0 Å². The van der Waals surface area contributed by atoms with Crippen LogP contribution in [-0.2, 0) is 19.1 Å². The van der Waals surface area contributed by atoms with E-state index in [0.29, 0.717) is 22.8 Å². The van der Waals surface area contributed by atoms with Crippen LogP contribution >= 0.6 is 11.6 Å². The summed E-state index contributed by atoms with van der Waals surface area (Å²) in [6, 6.07) is 11.8. The molecule has 2 aromatic carbocycles. The minimum absolute atomic E-state index is 0.00553. The van der Waals surface area contributed by atoms with Crippen molar-refractivity contribution in [3.63, 3.8) is 0 Å². The number of quaternary nitrogens is 1. The van der Waals surface area contributed by atoms with Gasteiger partial charge in [-0.1, -0.05) is 41.9 Å². The van der Waals surface area contributed by atoms with E-state index in [1.54, 1.807) is 34.9 Å². The quantitative estimate of drug-likeness (QED) is 0.378. The standard InChI is InChI=1S/C24H24ClF3N4O3/c1-32(35)15-30(10-3-11-33)23(34)21-22(32)29-20(31(21)14-16-6-8-19(25)9-7-16)13-17-4-2-5-18(12-17)24(26,27)28/h2,4-9,12,33H,3,10-11,13-15H2,1H3. The molecule has 3 aromatic rings. The predicted octanol–water partition coefficient (Wildman–Crippen LogP) is 4.43. The molecule has 0 bridgehead atoms. The largest absolute Gasteiger partial charge is 0.625 e. The van der Waals surface area contributed by atoms with Crippen molar-refractivity contribution in [1.82, 2.24) is 19.1 Å². The first-order valence-electron chi connectivity index (χ1n) is 11.0. The molecule has 1 amide bonds. The van der Waals surface area contributed by atoms with Gasteiger partial charge < -0.3 is 14.9 Å². The lowest BCUT2D eigenvalue weighted by atomic mass is 10.1. The van der Waals surface area contributed by atoms with Crippen LogP contribution in [0.25, 0.3) is 0 Å². The molecule has 1 aliphatic rings. The second kappa shape index (κ2) is 9.62. The van der Waals surface area contributed by atoms with Crippen molar-refractivity contribution >= 4 is 23.3 Å². The number of hydrogen-bond acceptors (Lipinski definition) is 4. The van der Waals surface area contributed by atoms with Crippen LogP contribution in [0.2, 0.25) is 5.02 Å². The van der Waals surface area contributed by atoms with Gasteiger partial charge in [0.15, 0.2) is 12.4 Å². The Bertz CT molecular complexity index is 1230. The van der Waals surface area contributed by atoms with E-state index >= 15 is 0 Å². The van der Waals surface area contributed by atoms with Crippen LogP contribution < -0.4 is 4.65 Å². The molecule has 11 heteroatoms. The van der Waals surface area contributed by atoms with Gasteiger partial charge in [0.1, 0.15) is 5.82 Å². The molecule has 1 aromatic heterocycles. The Morgan fingerprint density at radius 1 is 1.17 bits per heavy atom. The minimum atomic E-state index is -4.50. The van der Waals surface area contributed by atoms with Crippen molar-refractivity contribution in [3.8, 4) is 0 Å². The Hall–Kier alpha value is -2.92. The molecule has 0 fully saturated rings. The van der Waals surface area contributed by atoms with Crippen LogP contribution in [0.3, 0.4) is 0 Å². The van der Waals surface area contributed by atoms with Gasteiger partial charge in [0.2, 0.25) is 0 Å². The number of amides is 1. The minimum Gasteiger partial charge on any atom is -0.625 e. The third-order valence-electron chi connectivity index (χ3n) is 5.86. The van der Waals surface area contributed by atoms with Gasteiger partial charge in [-0.3, -0.25) is 14.3 Å². The molecule has 35 heavy (non-hydrogen) atoms. The highest BCUT2D eigenvalue weighted by atomic mass is 35.5. The molecule has 0 saturated carbocycles. The summed E-state index contributed by atoms with van der Waals surface area (Å²) in [6.45, 7) is 0.0597. The van der Waals surface area contributed by atoms with Crippen molar-refractivity contribution in [3.05, 3.63) is 87.0 Å². The van der Waals surface area contributed by atoms with Crippen LogP contribution in [0, 0.1) is 5.21 Å². The van der Waals surface area contributed by atoms with Crippen molar-refractivity contribution in [2.24, 2.45) is 0 Å². The van der Waals surface area contributed by atoms with Gasteiger partial charge in [0.05, 0.1) is 12.6 Å². The van der Waals surface area contributed by atoms with Gasteiger partial charge >= 0.3 is 6.18 Å². The van der Waals surface area contributed by atoms with Crippen molar-refractivity contribution in [1.29, 1.82) is 0 Å². The van der Waals surface area contributed by atoms with Gasteiger partial charge in [-0.15, -0.1) is 0 Å². The highest BCUT2D eigenvalue weighted by Gasteiger charge is 2.41. The first-order valence-corrected chi connectivity index (χ1v) is 11.3. The van der Waals surface area contributed by atoms with E-state index in [4.69, 9.17) is 11.6 Å². The molecule has 0 spiro atoms. The molecule has 2 heterocycles. The van der Waals surface area contributed by atoms with Gasteiger partial charge in [-0.2, -0.15) is 18.2 Å². The molecule has 1 aliphatic heterocycles. The van der Waals surface area contributed by atoms with E-state index in [-0.39, 0.29) is 44.3 Å². The molecule has 0 aliphatic carbocycles. The molecule has 1 unspecified atom stereocenters. The van der Waals surface area contributed by atoms with E-state index in [1.165, 1.54) is 18.0 Å². The fourth-order valence-corrected chi connectivity index (χ4v) is 4.31. The zero-order chi connectivity index (χ0) is 25.4. The molecule has 0 saturated heterocycles. The Kier molecular flexibility index (Phi) is 6.92. The van der Waals surface area contributed by atoms with Gasteiger partial charge in [0.25, 0.3) is 11.7 Å². The summed E-state index contributed by atoms with van der Waals surface area (Å²) in [6.07, 6.45) is -4.19. The second-order valence-electron chi connectivity index (χ2n) is 8.68. The summed E-state index contributed by atoms with van der Waals surface area (Å²) >= 11 is 5.99. The van der Waals surface area contributed by atoms with Crippen molar-refractivity contribution in [2.45, 2.75) is 25.6 Å². The molecule has 186 valence electrons. The number of aromatic nitrogens is 2. The zero-order valence-corrected chi connectivity index (χ0v) is 19.7. The third kappa shape index (κ3) is 5.35. The highest BCUT2D eigenvalue weighted by molar-refractivity contribution is 6.30. The number of hydrogen-bond donors (Lipinski definition) is 1. The zero-order valence-electron chi connectivity index (χ0n) is 18.9. The Labute approximate surface area is 205 Å². The Morgan fingerprint density at radius 3 is 2.54 bits per heavy atom. The number of halogens is 4. The van der Waals surface area contributed by atoms with E-state index in [0.717, 1.165) is 17.7 Å². The van der Waals surface area contributed by atoms with E-state index < -0.39 is 22.3 Å².